The summed E-state index contributed by atoms with van der Waals surface area (Å²) in [6, 6.07) is 0. The highest BCUT2D eigenvalue weighted by Crippen LogP contribution is 2.17. The first-order chi connectivity index (χ1) is 30.0. The van der Waals surface area contributed by atoms with Crippen molar-refractivity contribution >= 4 is 29.7 Å². The highest BCUT2D eigenvalue weighted by atomic mass is 16.6. The number of carbonyl (C=O) groups excluding carboxylic acids is 5. The molecular formula is C50H96N4O9+2. The third-order valence-electron chi connectivity index (χ3n) is 11.0. The van der Waals surface area contributed by atoms with Gasteiger partial charge in [-0.05, 0) is 64.2 Å². The molecule has 0 bridgehead atoms. The Kier molecular flexibility index (Phi) is 36.4. The van der Waals surface area contributed by atoms with E-state index in [0.717, 1.165) is 90.1 Å². The summed E-state index contributed by atoms with van der Waals surface area (Å²) < 4.78 is 17.7. The molecule has 13 nitrogen and oxygen atoms in total. The zero-order valence-electron chi connectivity index (χ0n) is 41.6. The Bertz CT molecular complexity index is 1230. The van der Waals surface area contributed by atoms with Gasteiger partial charge in [0.15, 0.2) is 0 Å². The largest absolute Gasteiger partial charge is 0.460 e. The Morgan fingerprint density at radius 2 is 0.937 bits per heavy atom. The molecule has 0 aliphatic carbocycles. The number of aliphatic hydroxyl groups is 1. The zero-order valence-corrected chi connectivity index (χ0v) is 41.6. The first-order valence-corrected chi connectivity index (χ1v) is 25.0. The summed E-state index contributed by atoms with van der Waals surface area (Å²) in [5.41, 5.74) is 0. The molecule has 0 spiro atoms. The number of quaternary nitrogens is 2. The second kappa shape index (κ2) is 38.3. The number of allylic oxidation sites excluding steroid dienone is 1. The maximum atomic E-state index is 12.9. The predicted molar refractivity (Wildman–Crippen MR) is 253 cm³/mol. The Morgan fingerprint density at radius 3 is 1.48 bits per heavy atom. The lowest BCUT2D eigenvalue weighted by atomic mass is 10.0. The van der Waals surface area contributed by atoms with E-state index in [2.05, 4.69) is 30.6 Å². The summed E-state index contributed by atoms with van der Waals surface area (Å²) in [5.74, 6) is -1.22. The molecule has 0 heterocycles. The minimum atomic E-state index is -0.787. The van der Waals surface area contributed by atoms with Crippen LogP contribution in [-0.2, 0) is 38.2 Å². The quantitative estimate of drug-likeness (QED) is 0.0136. The first-order valence-electron chi connectivity index (χ1n) is 25.0. The molecule has 63 heavy (non-hydrogen) atoms. The van der Waals surface area contributed by atoms with Crippen LogP contribution in [0.15, 0.2) is 12.2 Å². The molecule has 0 saturated carbocycles. The van der Waals surface area contributed by atoms with Gasteiger partial charge in [0, 0.05) is 32.1 Å². The predicted octanol–water partition coefficient (Wildman–Crippen LogP) is 8.84. The van der Waals surface area contributed by atoms with Gasteiger partial charge < -0.3 is 38.9 Å². The van der Waals surface area contributed by atoms with Crippen molar-refractivity contribution < 1.29 is 52.3 Å². The Morgan fingerprint density at radius 1 is 0.508 bits per heavy atom. The van der Waals surface area contributed by atoms with E-state index in [9.17, 15) is 29.1 Å². The zero-order chi connectivity index (χ0) is 47.2. The average Bonchev–Trinajstić information content (AvgIpc) is 3.19. The van der Waals surface area contributed by atoms with Gasteiger partial charge >= 0.3 is 17.9 Å². The summed E-state index contributed by atoms with van der Waals surface area (Å²) >= 11 is 0. The summed E-state index contributed by atoms with van der Waals surface area (Å²) in [7, 11) is 12.2. The molecule has 2 amide bonds. The molecular weight excluding hydrogens is 801 g/mol. The summed E-state index contributed by atoms with van der Waals surface area (Å²) in [4.78, 5) is 62.5. The fraction of sp³-hybridized carbons (Fsp3) is 0.860. The highest BCUT2D eigenvalue weighted by molar-refractivity contribution is 5.79. The molecule has 0 aromatic rings. The fourth-order valence-electron chi connectivity index (χ4n) is 6.89. The van der Waals surface area contributed by atoms with Gasteiger partial charge in [-0.1, -0.05) is 109 Å². The van der Waals surface area contributed by atoms with Gasteiger partial charge in [0.05, 0.1) is 48.4 Å². The second-order valence-electron chi connectivity index (χ2n) is 19.6. The molecule has 0 aromatic carbocycles. The number of esters is 3. The van der Waals surface area contributed by atoms with E-state index in [1.165, 1.54) is 38.5 Å². The Balaban J connectivity index is 4.60. The van der Waals surface area contributed by atoms with Crippen LogP contribution in [0.25, 0.3) is 0 Å². The molecule has 0 saturated heterocycles. The third-order valence-corrected chi connectivity index (χ3v) is 11.0. The normalized spacial score (nSPS) is 13.3. The Hall–Kier alpha value is -3.03. The van der Waals surface area contributed by atoms with E-state index in [-0.39, 0.29) is 49.4 Å². The summed E-state index contributed by atoms with van der Waals surface area (Å²) in [6.45, 7) is 6.49. The number of rotatable bonds is 42. The van der Waals surface area contributed by atoms with Crippen LogP contribution >= 0.6 is 0 Å². The number of nitrogens with one attached hydrogen (secondary N) is 2. The fourth-order valence-corrected chi connectivity index (χ4v) is 6.89. The van der Waals surface area contributed by atoms with Crippen molar-refractivity contribution in [2.75, 3.05) is 68.6 Å². The van der Waals surface area contributed by atoms with E-state index in [1.807, 2.05) is 48.4 Å². The van der Waals surface area contributed by atoms with E-state index < -0.39 is 24.3 Å². The highest BCUT2D eigenvalue weighted by Gasteiger charge is 2.23. The Labute approximate surface area is 384 Å². The van der Waals surface area contributed by atoms with E-state index >= 15 is 0 Å². The van der Waals surface area contributed by atoms with Crippen molar-refractivity contribution in [1.82, 2.24) is 10.6 Å². The topological polar surface area (TPSA) is 157 Å². The molecule has 3 atom stereocenters. The molecule has 0 aliphatic heterocycles. The number of aliphatic hydroxyl groups excluding tert-OH is 1. The lowest BCUT2D eigenvalue weighted by Gasteiger charge is -2.23. The van der Waals surface area contributed by atoms with Gasteiger partial charge in [0.2, 0.25) is 11.8 Å². The SMILES string of the molecule is CCCCCCCCCCCC(NC(=O)CCCCCCC/C=C\CC(O)C(CCCCC)OC(=O)CCCC(=O)OCC[N+](C)(C)C)NC(=O)CCCC(=O)OCC[N+](C)(C)C. The minimum Gasteiger partial charge on any atom is -0.460 e. The maximum Gasteiger partial charge on any atom is 0.306 e. The standard InChI is InChI=1S/C50H94N4O9/c1-9-11-13-14-15-16-20-23-27-33-45(52-47(57)35-29-36-48(58)61-41-39-53(3,4)5)51-46(56)34-28-24-21-18-17-19-22-26-31-43(55)44(32-25-12-10-2)63-50(60)38-30-37-49(59)62-42-40-54(6,7)8/h22,26,43-45,55H,9-21,23-25,27-42H2,1-8H3/p+2/b26-22-. The number of carbonyl (C=O) groups is 5. The first kappa shape index (κ1) is 60.0. The summed E-state index contributed by atoms with van der Waals surface area (Å²) in [6.07, 6.45) is 25.2. The lowest BCUT2D eigenvalue weighted by Crippen LogP contribution is -2.47. The molecule has 3 N–H and O–H groups in total. The van der Waals surface area contributed by atoms with Gasteiger partial charge in [-0.2, -0.15) is 0 Å². The molecule has 0 aliphatic rings. The maximum absolute atomic E-state index is 12.9. The van der Waals surface area contributed by atoms with Crippen LogP contribution in [0.5, 0.6) is 0 Å². The number of likely N-dealkylation sites (N-methyl/N-ethyl adjacent to an activating group) is 2. The number of unbranched alkanes of at least 4 members (excludes halogenated alkanes) is 15. The van der Waals surface area contributed by atoms with Gasteiger partial charge in [0.1, 0.15) is 38.6 Å². The van der Waals surface area contributed by atoms with Crippen molar-refractivity contribution in [2.24, 2.45) is 0 Å². The van der Waals surface area contributed by atoms with Crippen LogP contribution in [0.4, 0.5) is 0 Å². The molecule has 0 fully saturated rings. The van der Waals surface area contributed by atoms with Crippen molar-refractivity contribution in [2.45, 2.75) is 212 Å². The van der Waals surface area contributed by atoms with E-state index in [4.69, 9.17) is 14.2 Å². The van der Waals surface area contributed by atoms with Crippen LogP contribution in [-0.4, -0.2) is 131 Å². The van der Waals surface area contributed by atoms with Crippen molar-refractivity contribution in [1.29, 1.82) is 0 Å². The second-order valence-corrected chi connectivity index (χ2v) is 19.6. The smallest absolute Gasteiger partial charge is 0.306 e. The van der Waals surface area contributed by atoms with E-state index in [1.54, 1.807) is 0 Å². The van der Waals surface area contributed by atoms with Crippen LogP contribution in [0.3, 0.4) is 0 Å². The van der Waals surface area contributed by atoms with Gasteiger partial charge in [-0.15, -0.1) is 0 Å². The third kappa shape index (κ3) is 41.4. The van der Waals surface area contributed by atoms with Crippen molar-refractivity contribution in [3.63, 3.8) is 0 Å². The summed E-state index contributed by atoms with van der Waals surface area (Å²) in [5, 5.41) is 17.0. The number of hydrogen-bond donors (Lipinski definition) is 3. The molecule has 0 radical (unpaired) electrons. The monoisotopic (exact) mass is 897 g/mol. The van der Waals surface area contributed by atoms with Gasteiger partial charge in [-0.25, -0.2) is 0 Å². The number of amides is 2. The minimum absolute atomic E-state index is 0.0523. The van der Waals surface area contributed by atoms with Crippen LogP contribution < -0.4 is 10.6 Å². The number of nitrogens with zero attached hydrogens (tertiary/aromatic N) is 2. The van der Waals surface area contributed by atoms with E-state index in [0.29, 0.717) is 60.7 Å². The van der Waals surface area contributed by atoms with Crippen LogP contribution in [0, 0.1) is 0 Å². The number of hydrogen-bond acceptors (Lipinski definition) is 9. The average molecular weight is 897 g/mol. The molecule has 3 unspecified atom stereocenters. The number of ether oxygens (including phenoxy) is 3. The van der Waals surface area contributed by atoms with Crippen molar-refractivity contribution in [3.05, 3.63) is 12.2 Å². The van der Waals surface area contributed by atoms with Crippen LogP contribution in [0.2, 0.25) is 0 Å². The van der Waals surface area contributed by atoms with Gasteiger partial charge in [-0.3, -0.25) is 24.0 Å². The van der Waals surface area contributed by atoms with Gasteiger partial charge in [0.25, 0.3) is 0 Å². The molecule has 13 heteroatoms. The molecule has 368 valence electrons. The van der Waals surface area contributed by atoms with Crippen molar-refractivity contribution in [3.8, 4) is 0 Å². The molecule has 0 aromatic heterocycles. The van der Waals surface area contributed by atoms with Crippen LogP contribution in [0.1, 0.15) is 194 Å². The lowest BCUT2D eigenvalue weighted by molar-refractivity contribution is -0.870. The molecule has 0 rings (SSSR count).